The average Bonchev–Trinajstić information content (AvgIpc) is 3.13. The van der Waals surface area contributed by atoms with E-state index in [1.807, 2.05) is 0 Å². The Morgan fingerprint density at radius 1 is 1.29 bits per heavy atom. The van der Waals surface area contributed by atoms with Gasteiger partial charge in [-0.15, -0.1) is 0 Å². The fourth-order valence-corrected chi connectivity index (χ4v) is 4.63. The van der Waals surface area contributed by atoms with Crippen LogP contribution in [0.4, 0.5) is 5.82 Å². The van der Waals surface area contributed by atoms with Crippen LogP contribution in [0.25, 0.3) is 11.4 Å². The molecule has 0 unspecified atom stereocenters. The van der Waals surface area contributed by atoms with Crippen molar-refractivity contribution in [2.24, 2.45) is 0 Å². The molecular weight excluding hydrogens is 393 g/mol. The minimum absolute atomic E-state index is 0.606. The highest BCUT2D eigenvalue weighted by molar-refractivity contribution is 14.1. The molecule has 0 saturated heterocycles. The van der Waals surface area contributed by atoms with E-state index in [2.05, 4.69) is 52.5 Å². The molecule has 2 heterocycles. The SMILES string of the molecule is CCNc1nc(-c2cscc2C)nc(C2CCCC2)c1I. The van der Waals surface area contributed by atoms with E-state index in [4.69, 9.17) is 9.97 Å². The molecule has 3 nitrogen and oxygen atoms in total. The van der Waals surface area contributed by atoms with Crippen molar-refractivity contribution in [3.05, 3.63) is 25.6 Å². The maximum Gasteiger partial charge on any atom is 0.162 e. The van der Waals surface area contributed by atoms with E-state index in [9.17, 15) is 0 Å². The fourth-order valence-electron chi connectivity index (χ4n) is 2.93. The molecule has 0 radical (unpaired) electrons. The summed E-state index contributed by atoms with van der Waals surface area (Å²) in [6.45, 7) is 5.14. The molecule has 1 fully saturated rings. The maximum absolute atomic E-state index is 4.95. The fraction of sp³-hybridized carbons (Fsp3) is 0.500. The predicted molar refractivity (Wildman–Crippen MR) is 98.2 cm³/mol. The number of nitrogens with zero attached hydrogens (tertiary/aromatic N) is 2. The summed E-state index contributed by atoms with van der Waals surface area (Å²) in [6, 6.07) is 0. The quantitative estimate of drug-likeness (QED) is 0.700. The highest BCUT2D eigenvalue weighted by Gasteiger charge is 2.24. The number of hydrogen-bond acceptors (Lipinski definition) is 4. The largest absolute Gasteiger partial charge is 0.369 e. The molecule has 5 heteroatoms. The number of nitrogens with one attached hydrogen (secondary N) is 1. The molecule has 1 aliphatic rings. The van der Waals surface area contributed by atoms with E-state index in [1.165, 1.54) is 46.1 Å². The van der Waals surface area contributed by atoms with E-state index in [0.717, 1.165) is 18.2 Å². The summed E-state index contributed by atoms with van der Waals surface area (Å²) < 4.78 is 1.21. The summed E-state index contributed by atoms with van der Waals surface area (Å²) in [7, 11) is 0. The standard InChI is InChI=1S/C16H20IN3S/c1-3-18-16-13(17)14(11-6-4-5-7-11)19-15(20-16)12-9-21-8-10(12)2/h8-9,11H,3-7H2,1-2H3,(H,18,19,20). The first-order valence-corrected chi connectivity index (χ1v) is 9.57. The van der Waals surface area contributed by atoms with Gasteiger partial charge in [0, 0.05) is 23.4 Å². The number of halogens is 1. The first kappa shape index (κ1) is 15.2. The van der Waals surface area contributed by atoms with E-state index in [0.29, 0.717) is 5.92 Å². The Morgan fingerprint density at radius 2 is 2.05 bits per heavy atom. The van der Waals surface area contributed by atoms with Gasteiger partial charge in [-0.1, -0.05) is 12.8 Å². The second-order valence-electron chi connectivity index (χ2n) is 5.58. The van der Waals surface area contributed by atoms with E-state index in [1.54, 1.807) is 11.3 Å². The molecule has 21 heavy (non-hydrogen) atoms. The Morgan fingerprint density at radius 3 is 2.67 bits per heavy atom. The minimum Gasteiger partial charge on any atom is -0.369 e. The van der Waals surface area contributed by atoms with Gasteiger partial charge in [-0.2, -0.15) is 11.3 Å². The van der Waals surface area contributed by atoms with Gasteiger partial charge in [-0.25, -0.2) is 9.97 Å². The van der Waals surface area contributed by atoms with Crippen LogP contribution in [0.3, 0.4) is 0 Å². The van der Waals surface area contributed by atoms with E-state index < -0.39 is 0 Å². The lowest BCUT2D eigenvalue weighted by atomic mass is 10.0. The summed E-state index contributed by atoms with van der Waals surface area (Å²) in [5.74, 6) is 2.48. The van der Waals surface area contributed by atoms with Crippen LogP contribution in [0.1, 0.15) is 49.8 Å². The van der Waals surface area contributed by atoms with Gasteiger partial charge in [0.2, 0.25) is 0 Å². The predicted octanol–water partition coefficient (Wildman–Crippen LogP) is 5.21. The van der Waals surface area contributed by atoms with Crippen molar-refractivity contribution >= 4 is 39.7 Å². The van der Waals surface area contributed by atoms with Crippen molar-refractivity contribution in [3.63, 3.8) is 0 Å². The molecule has 2 aromatic heterocycles. The van der Waals surface area contributed by atoms with Crippen molar-refractivity contribution < 1.29 is 0 Å². The third-order valence-electron chi connectivity index (χ3n) is 4.06. The number of anilines is 1. The Bertz CT molecular complexity index is 632. The highest BCUT2D eigenvalue weighted by atomic mass is 127. The first-order valence-electron chi connectivity index (χ1n) is 7.55. The van der Waals surface area contributed by atoms with Gasteiger partial charge in [0.15, 0.2) is 5.82 Å². The van der Waals surface area contributed by atoms with Crippen LogP contribution < -0.4 is 5.32 Å². The molecule has 0 atom stereocenters. The Kier molecular flexibility index (Phi) is 4.78. The van der Waals surface area contributed by atoms with Crippen molar-refractivity contribution in [1.29, 1.82) is 0 Å². The summed E-state index contributed by atoms with van der Waals surface area (Å²) >= 11 is 4.13. The zero-order chi connectivity index (χ0) is 14.8. The first-order chi connectivity index (χ1) is 10.2. The number of aryl methyl sites for hydroxylation is 1. The van der Waals surface area contributed by atoms with Crippen LogP contribution >= 0.6 is 33.9 Å². The van der Waals surface area contributed by atoms with Crippen LogP contribution in [0.5, 0.6) is 0 Å². The van der Waals surface area contributed by atoms with Crippen molar-refractivity contribution in [1.82, 2.24) is 9.97 Å². The van der Waals surface area contributed by atoms with Crippen LogP contribution in [0.2, 0.25) is 0 Å². The normalized spacial score (nSPS) is 15.6. The summed E-state index contributed by atoms with van der Waals surface area (Å²) in [4.78, 5) is 9.72. The van der Waals surface area contributed by atoms with Gasteiger partial charge in [0.1, 0.15) is 5.82 Å². The molecule has 0 amide bonds. The molecule has 1 saturated carbocycles. The number of aromatic nitrogens is 2. The van der Waals surface area contributed by atoms with Crippen LogP contribution in [-0.4, -0.2) is 16.5 Å². The molecule has 0 spiro atoms. The van der Waals surface area contributed by atoms with Crippen molar-refractivity contribution in [2.45, 2.75) is 45.4 Å². The molecule has 2 aromatic rings. The van der Waals surface area contributed by atoms with Crippen LogP contribution in [-0.2, 0) is 0 Å². The Balaban J connectivity index is 2.10. The lowest BCUT2D eigenvalue weighted by Gasteiger charge is -2.16. The average molecular weight is 413 g/mol. The monoisotopic (exact) mass is 413 g/mol. The molecule has 1 N–H and O–H groups in total. The third kappa shape index (κ3) is 3.08. The highest BCUT2D eigenvalue weighted by Crippen LogP contribution is 2.38. The van der Waals surface area contributed by atoms with Gasteiger partial charge in [-0.05, 0) is 60.2 Å². The number of thiophene rings is 1. The molecule has 112 valence electrons. The summed E-state index contributed by atoms with van der Waals surface area (Å²) in [5, 5.41) is 7.73. The zero-order valence-corrected chi connectivity index (χ0v) is 15.4. The zero-order valence-electron chi connectivity index (χ0n) is 12.4. The van der Waals surface area contributed by atoms with Gasteiger partial charge in [-0.3, -0.25) is 0 Å². The lowest BCUT2D eigenvalue weighted by Crippen LogP contribution is -2.10. The van der Waals surface area contributed by atoms with E-state index in [-0.39, 0.29) is 0 Å². The molecule has 3 rings (SSSR count). The van der Waals surface area contributed by atoms with Gasteiger partial charge >= 0.3 is 0 Å². The second kappa shape index (κ2) is 6.60. The Labute approximate surface area is 143 Å². The Hall–Kier alpha value is -0.690. The molecule has 0 bridgehead atoms. The number of rotatable bonds is 4. The minimum atomic E-state index is 0.606. The van der Waals surface area contributed by atoms with E-state index >= 15 is 0 Å². The van der Waals surface area contributed by atoms with Gasteiger partial charge in [0.05, 0.1) is 9.26 Å². The number of hydrogen-bond donors (Lipinski definition) is 1. The van der Waals surface area contributed by atoms with Gasteiger partial charge in [0.25, 0.3) is 0 Å². The molecule has 0 aromatic carbocycles. The van der Waals surface area contributed by atoms with Crippen LogP contribution in [0.15, 0.2) is 10.8 Å². The smallest absolute Gasteiger partial charge is 0.162 e. The van der Waals surface area contributed by atoms with Crippen molar-refractivity contribution in [2.75, 3.05) is 11.9 Å². The summed E-state index contributed by atoms with van der Waals surface area (Å²) in [5.41, 5.74) is 3.69. The topological polar surface area (TPSA) is 37.8 Å². The maximum atomic E-state index is 4.95. The van der Waals surface area contributed by atoms with Gasteiger partial charge < -0.3 is 5.32 Å². The van der Waals surface area contributed by atoms with Crippen LogP contribution in [0, 0.1) is 10.5 Å². The molecule has 1 aliphatic carbocycles. The second-order valence-corrected chi connectivity index (χ2v) is 7.40. The molecule has 0 aliphatic heterocycles. The van der Waals surface area contributed by atoms with Crippen molar-refractivity contribution in [3.8, 4) is 11.4 Å². The lowest BCUT2D eigenvalue weighted by molar-refractivity contribution is 0.690. The molecular formula is C16H20IN3S. The third-order valence-corrected chi connectivity index (χ3v) is 5.98. The summed E-state index contributed by atoms with van der Waals surface area (Å²) in [6.07, 6.45) is 5.18.